The van der Waals surface area contributed by atoms with E-state index in [9.17, 15) is 12.8 Å². The van der Waals surface area contributed by atoms with E-state index in [1.54, 1.807) is 36.4 Å². The number of aromatic amines is 1. The Balaban J connectivity index is 1.88. The minimum Gasteiger partial charge on any atom is -0.494 e. The summed E-state index contributed by atoms with van der Waals surface area (Å²) in [6.45, 7) is 0. The number of methoxy groups -OCH3 is 1. The molecule has 5 nitrogen and oxygen atoms in total. The number of ether oxygens (including phenoxy) is 1. The number of sulfone groups is 1. The van der Waals surface area contributed by atoms with Gasteiger partial charge in [-0.05, 0) is 30.3 Å². The van der Waals surface area contributed by atoms with E-state index in [2.05, 4.69) is 4.98 Å². The summed E-state index contributed by atoms with van der Waals surface area (Å²) in [5.74, 6) is 0.290. The Morgan fingerprint density at radius 1 is 0.900 bits per heavy atom. The van der Waals surface area contributed by atoms with Crippen molar-refractivity contribution < 1.29 is 17.5 Å². The monoisotopic (exact) mass is 422 g/mol. The van der Waals surface area contributed by atoms with Crippen molar-refractivity contribution in [2.45, 2.75) is 4.90 Å². The van der Waals surface area contributed by atoms with E-state index in [-0.39, 0.29) is 10.6 Å². The highest BCUT2D eigenvalue weighted by Gasteiger charge is 2.17. The number of nitrogens with zero attached hydrogens (tertiary/aromatic N) is 1. The van der Waals surface area contributed by atoms with Crippen LogP contribution in [0.1, 0.15) is 0 Å². The van der Waals surface area contributed by atoms with Crippen molar-refractivity contribution in [3.63, 3.8) is 0 Å². The van der Waals surface area contributed by atoms with E-state index >= 15 is 0 Å². The van der Waals surface area contributed by atoms with Crippen molar-refractivity contribution in [1.29, 1.82) is 0 Å². The number of hydrogen-bond donors (Lipinski definition) is 1. The van der Waals surface area contributed by atoms with Crippen LogP contribution in [0.4, 0.5) is 4.39 Å². The highest BCUT2D eigenvalue weighted by atomic mass is 32.2. The summed E-state index contributed by atoms with van der Waals surface area (Å²) < 4.78 is 42.9. The molecule has 0 saturated heterocycles. The predicted octanol–water partition coefficient (Wildman–Crippen LogP) is 4.96. The lowest BCUT2D eigenvalue weighted by atomic mass is 10.0. The molecule has 0 bridgehead atoms. The van der Waals surface area contributed by atoms with Crippen LogP contribution in [0.5, 0.6) is 5.75 Å². The second-order valence-electron chi connectivity index (χ2n) is 6.82. The first-order valence-electron chi connectivity index (χ1n) is 9.16. The van der Waals surface area contributed by atoms with Crippen molar-refractivity contribution in [2.24, 2.45) is 0 Å². The number of rotatable bonds is 5. The Morgan fingerprint density at radius 3 is 2.17 bits per heavy atom. The maximum absolute atomic E-state index is 14.4. The summed E-state index contributed by atoms with van der Waals surface area (Å²) in [4.78, 5) is 8.25. The molecule has 30 heavy (non-hydrogen) atoms. The van der Waals surface area contributed by atoms with E-state index in [1.165, 1.54) is 13.2 Å². The van der Waals surface area contributed by atoms with Gasteiger partial charge in [0.2, 0.25) is 0 Å². The summed E-state index contributed by atoms with van der Waals surface area (Å²) in [6.07, 6.45) is 1.16. The molecule has 1 heterocycles. The molecule has 3 aromatic carbocycles. The van der Waals surface area contributed by atoms with Gasteiger partial charge < -0.3 is 9.72 Å². The first-order chi connectivity index (χ1) is 14.4. The van der Waals surface area contributed by atoms with Gasteiger partial charge in [-0.3, -0.25) is 0 Å². The number of benzene rings is 3. The zero-order chi connectivity index (χ0) is 21.3. The SMILES string of the molecule is COc1ccc(-c2nc(-c3ccccc3)[nH]c2-c2ccc(S(C)(=O)=O)cc2)cc1F. The molecule has 152 valence electrons. The Morgan fingerprint density at radius 2 is 1.57 bits per heavy atom. The third kappa shape index (κ3) is 3.84. The zero-order valence-electron chi connectivity index (χ0n) is 16.4. The second-order valence-corrected chi connectivity index (χ2v) is 8.84. The van der Waals surface area contributed by atoms with Crippen LogP contribution >= 0.6 is 0 Å². The third-order valence-electron chi connectivity index (χ3n) is 4.75. The van der Waals surface area contributed by atoms with Crippen molar-refractivity contribution in [3.05, 3.63) is 78.6 Å². The summed E-state index contributed by atoms with van der Waals surface area (Å²) in [7, 11) is -1.89. The van der Waals surface area contributed by atoms with Crippen LogP contribution in [0.3, 0.4) is 0 Å². The summed E-state index contributed by atoms with van der Waals surface area (Å²) in [5.41, 5.74) is 3.42. The number of nitrogens with one attached hydrogen (secondary N) is 1. The van der Waals surface area contributed by atoms with Crippen molar-refractivity contribution in [2.75, 3.05) is 13.4 Å². The van der Waals surface area contributed by atoms with E-state index in [0.717, 1.165) is 17.4 Å². The number of hydrogen-bond acceptors (Lipinski definition) is 4. The molecule has 4 aromatic rings. The molecule has 1 N–H and O–H groups in total. The van der Waals surface area contributed by atoms with Crippen LogP contribution in [-0.4, -0.2) is 31.8 Å². The molecule has 0 spiro atoms. The smallest absolute Gasteiger partial charge is 0.175 e. The molecule has 4 rings (SSSR count). The molecule has 0 aliphatic heterocycles. The average molecular weight is 422 g/mol. The van der Waals surface area contributed by atoms with Gasteiger partial charge in [-0.25, -0.2) is 17.8 Å². The molecule has 0 unspecified atom stereocenters. The second kappa shape index (κ2) is 7.76. The third-order valence-corrected chi connectivity index (χ3v) is 5.88. The lowest BCUT2D eigenvalue weighted by Gasteiger charge is -2.07. The van der Waals surface area contributed by atoms with Crippen LogP contribution in [0.25, 0.3) is 33.9 Å². The Kier molecular flexibility index (Phi) is 5.13. The van der Waals surface area contributed by atoms with Gasteiger partial charge in [-0.1, -0.05) is 42.5 Å². The molecule has 0 amide bonds. The molecule has 0 saturated carbocycles. The quantitative estimate of drug-likeness (QED) is 0.493. The fourth-order valence-electron chi connectivity index (χ4n) is 3.21. The fraction of sp³-hybridized carbons (Fsp3) is 0.0870. The summed E-state index contributed by atoms with van der Waals surface area (Å²) >= 11 is 0. The maximum atomic E-state index is 14.4. The van der Waals surface area contributed by atoms with Gasteiger partial charge in [0.1, 0.15) is 5.82 Å². The van der Waals surface area contributed by atoms with E-state index in [0.29, 0.717) is 22.8 Å². The Hall–Kier alpha value is -3.45. The van der Waals surface area contributed by atoms with Gasteiger partial charge in [0.25, 0.3) is 0 Å². The molecule has 0 atom stereocenters. The zero-order valence-corrected chi connectivity index (χ0v) is 17.2. The molecule has 0 fully saturated rings. The normalized spacial score (nSPS) is 11.4. The van der Waals surface area contributed by atoms with Crippen LogP contribution < -0.4 is 4.74 Å². The molecule has 1 aromatic heterocycles. The number of H-pyrrole nitrogens is 1. The van der Waals surface area contributed by atoms with Crippen LogP contribution in [0, 0.1) is 5.82 Å². The van der Waals surface area contributed by atoms with E-state index in [4.69, 9.17) is 9.72 Å². The van der Waals surface area contributed by atoms with Crippen LogP contribution in [0.2, 0.25) is 0 Å². The van der Waals surface area contributed by atoms with Crippen molar-refractivity contribution in [3.8, 4) is 39.7 Å². The fourth-order valence-corrected chi connectivity index (χ4v) is 3.84. The highest BCUT2D eigenvalue weighted by Crippen LogP contribution is 2.35. The minimum atomic E-state index is -3.30. The molecular weight excluding hydrogens is 403 g/mol. The summed E-state index contributed by atoms with van der Waals surface area (Å²) in [6, 6.07) is 20.8. The standard InChI is InChI=1S/C23H19FN2O3S/c1-29-20-13-10-17(14-19(20)24)22-21(15-8-11-18(12-9-15)30(2,27)28)25-23(26-22)16-6-4-3-5-7-16/h3-14H,1-2H3,(H,25,26). The van der Waals surface area contributed by atoms with Gasteiger partial charge in [0.15, 0.2) is 21.4 Å². The van der Waals surface area contributed by atoms with E-state index < -0.39 is 15.7 Å². The molecular formula is C23H19FN2O3S. The topological polar surface area (TPSA) is 72.0 Å². The van der Waals surface area contributed by atoms with Crippen LogP contribution in [-0.2, 0) is 9.84 Å². The first-order valence-corrected chi connectivity index (χ1v) is 11.1. The predicted molar refractivity (Wildman–Crippen MR) is 115 cm³/mol. The first kappa shape index (κ1) is 19.8. The molecule has 7 heteroatoms. The van der Waals surface area contributed by atoms with Crippen molar-refractivity contribution in [1.82, 2.24) is 9.97 Å². The molecule has 0 aliphatic rings. The Labute approximate surface area is 174 Å². The maximum Gasteiger partial charge on any atom is 0.175 e. The van der Waals surface area contributed by atoms with Gasteiger partial charge in [-0.2, -0.15) is 0 Å². The number of halogens is 1. The number of aromatic nitrogens is 2. The molecule has 0 radical (unpaired) electrons. The van der Waals surface area contributed by atoms with Gasteiger partial charge in [-0.15, -0.1) is 0 Å². The number of imidazole rings is 1. The molecule has 0 aliphatic carbocycles. The minimum absolute atomic E-state index is 0.150. The van der Waals surface area contributed by atoms with Gasteiger partial charge in [0, 0.05) is 22.9 Å². The Bertz CT molecular complexity index is 1300. The average Bonchev–Trinajstić information content (AvgIpc) is 3.19. The van der Waals surface area contributed by atoms with Gasteiger partial charge in [0.05, 0.1) is 23.4 Å². The lowest BCUT2D eigenvalue weighted by molar-refractivity contribution is 0.386. The largest absolute Gasteiger partial charge is 0.494 e. The van der Waals surface area contributed by atoms with E-state index in [1.807, 2.05) is 30.3 Å². The van der Waals surface area contributed by atoms with Crippen LogP contribution in [0.15, 0.2) is 77.7 Å². The van der Waals surface area contributed by atoms with Gasteiger partial charge >= 0.3 is 0 Å². The van der Waals surface area contributed by atoms with Crippen molar-refractivity contribution >= 4 is 9.84 Å². The lowest BCUT2D eigenvalue weighted by Crippen LogP contribution is -1.96. The highest BCUT2D eigenvalue weighted by molar-refractivity contribution is 7.90. The summed E-state index contributed by atoms with van der Waals surface area (Å²) in [5, 5.41) is 0.